The summed E-state index contributed by atoms with van der Waals surface area (Å²) in [5.41, 5.74) is 1.25. The average molecular weight is 292 g/mol. The number of methoxy groups -OCH3 is 1. The smallest absolute Gasteiger partial charge is 0.387 e. The summed E-state index contributed by atoms with van der Waals surface area (Å²) in [4.78, 5) is 12.6. The van der Waals surface area contributed by atoms with Crippen LogP contribution >= 0.6 is 0 Å². The van der Waals surface area contributed by atoms with Crippen LogP contribution in [0.25, 0.3) is 0 Å². The third-order valence-electron chi connectivity index (χ3n) is 2.95. The molecular weight excluding hydrogens is 278 g/mol. The van der Waals surface area contributed by atoms with Crippen LogP contribution in [0.15, 0.2) is 42.5 Å². The van der Waals surface area contributed by atoms with Gasteiger partial charge in [0.15, 0.2) is 5.78 Å². The molecule has 3 nitrogen and oxygen atoms in total. The van der Waals surface area contributed by atoms with Gasteiger partial charge in [0.05, 0.1) is 18.2 Å². The Hall–Kier alpha value is -2.43. The van der Waals surface area contributed by atoms with Crippen LogP contribution in [-0.4, -0.2) is 19.5 Å². The van der Waals surface area contributed by atoms with E-state index >= 15 is 0 Å². The van der Waals surface area contributed by atoms with Crippen molar-refractivity contribution in [2.75, 3.05) is 7.11 Å². The minimum absolute atomic E-state index is 0.0710. The molecule has 0 unspecified atom stereocenters. The zero-order valence-corrected chi connectivity index (χ0v) is 11.6. The second-order valence-electron chi connectivity index (χ2n) is 4.41. The van der Waals surface area contributed by atoms with E-state index in [4.69, 9.17) is 4.74 Å². The number of benzene rings is 2. The Morgan fingerprint density at radius 2 is 1.76 bits per heavy atom. The van der Waals surface area contributed by atoms with Crippen molar-refractivity contribution in [1.82, 2.24) is 0 Å². The van der Waals surface area contributed by atoms with Crippen molar-refractivity contribution in [3.05, 3.63) is 59.2 Å². The van der Waals surface area contributed by atoms with Crippen LogP contribution in [0.5, 0.6) is 11.5 Å². The van der Waals surface area contributed by atoms with Gasteiger partial charge in [-0.15, -0.1) is 0 Å². The van der Waals surface area contributed by atoms with E-state index < -0.39 is 12.4 Å². The maximum Gasteiger partial charge on any atom is 0.387 e. The molecule has 0 atom stereocenters. The predicted molar refractivity (Wildman–Crippen MR) is 74.2 cm³/mol. The summed E-state index contributed by atoms with van der Waals surface area (Å²) < 4.78 is 34.4. The number of hydrogen-bond acceptors (Lipinski definition) is 3. The second kappa shape index (κ2) is 6.35. The van der Waals surface area contributed by atoms with Gasteiger partial charge in [-0.1, -0.05) is 23.8 Å². The normalized spacial score (nSPS) is 10.5. The van der Waals surface area contributed by atoms with Gasteiger partial charge in [-0.05, 0) is 31.2 Å². The Labute approximate surface area is 121 Å². The molecule has 0 fully saturated rings. The number of rotatable bonds is 5. The highest BCUT2D eigenvalue weighted by molar-refractivity contribution is 6.12. The van der Waals surface area contributed by atoms with Crippen molar-refractivity contribution >= 4 is 5.78 Å². The maximum absolute atomic E-state index is 12.6. The minimum Gasteiger partial charge on any atom is -0.496 e. The van der Waals surface area contributed by atoms with Crippen LogP contribution in [0.3, 0.4) is 0 Å². The van der Waals surface area contributed by atoms with E-state index in [0.29, 0.717) is 11.3 Å². The molecule has 0 saturated heterocycles. The average Bonchev–Trinajstić information content (AvgIpc) is 2.46. The van der Waals surface area contributed by atoms with Crippen LogP contribution in [0.4, 0.5) is 8.78 Å². The molecule has 0 aliphatic heterocycles. The van der Waals surface area contributed by atoms with Crippen LogP contribution < -0.4 is 9.47 Å². The van der Waals surface area contributed by atoms with E-state index in [9.17, 15) is 13.6 Å². The summed E-state index contributed by atoms with van der Waals surface area (Å²) in [6, 6.07) is 11.0. The standard InChI is InChI=1S/C16H14F2O3/c1-10-7-8-13(20-2)12(9-10)15(19)11-5-3-4-6-14(11)21-16(17)18/h3-9,16H,1-2H3. The van der Waals surface area contributed by atoms with Gasteiger partial charge in [0.25, 0.3) is 0 Å². The number of aryl methyl sites for hydroxylation is 1. The second-order valence-corrected chi connectivity index (χ2v) is 4.41. The molecule has 0 heterocycles. The number of para-hydroxylation sites is 1. The van der Waals surface area contributed by atoms with E-state index in [1.54, 1.807) is 24.3 Å². The van der Waals surface area contributed by atoms with Crippen molar-refractivity contribution in [1.29, 1.82) is 0 Å². The summed E-state index contributed by atoms with van der Waals surface area (Å²) in [5, 5.41) is 0. The van der Waals surface area contributed by atoms with Crippen molar-refractivity contribution < 1.29 is 23.0 Å². The summed E-state index contributed by atoms with van der Waals surface area (Å²) in [7, 11) is 1.45. The number of carbonyl (C=O) groups excluding carboxylic acids is 1. The monoisotopic (exact) mass is 292 g/mol. The zero-order valence-electron chi connectivity index (χ0n) is 11.6. The van der Waals surface area contributed by atoms with E-state index in [2.05, 4.69) is 4.74 Å². The van der Waals surface area contributed by atoms with Crippen molar-refractivity contribution in [3.8, 4) is 11.5 Å². The summed E-state index contributed by atoms with van der Waals surface area (Å²) in [6.07, 6.45) is 0. The molecule has 0 amide bonds. The fourth-order valence-corrected chi connectivity index (χ4v) is 2.00. The lowest BCUT2D eigenvalue weighted by atomic mass is 10.00. The predicted octanol–water partition coefficient (Wildman–Crippen LogP) is 3.84. The van der Waals surface area contributed by atoms with E-state index in [1.807, 2.05) is 6.92 Å². The van der Waals surface area contributed by atoms with Crippen molar-refractivity contribution in [2.24, 2.45) is 0 Å². The molecule has 0 spiro atoms. The zero-order chi connectivity index (χ0) is 15.4. The quantitative estimate of drug-likeness (QED) is 0.786. The fourth-order valence-electron chi connectivity index (χ4n) is 2.00. The molecule has 0 aliphatic rings. The lowest BCUT2D eigenvalue weighted by molar-refractivity contribution is -0.0501. The van der Waals surface area contributed by atoms with Gasteiger partial charge in [-0.25, -0.2) is 0 Å². The molecule has 110 valence electrons. The highest BCUT2D eigenvalue weighted by Crippen LogP contribution is 2.28. The lowest BCUT2D eigenvalue weighted by Crippen LogP contribution is -2.10. The first-order chi connectivity index (χ1) is 10.0. The summed E-state index contributed by atoms with van der Waals surface area (Å²) in [6.45, 7) is -1.16. The Bertz CT molecular complexity index is 654. The molecule has 0 aliphatic carbocycles. The number of ketones is 1. The van der Waals surface area contributed by atoms with Crippen LogP contribution in [0.2, 0.25) is 0 Å². The molecule has 0 bridgehead atoms. The molecule has 5 heteroatoms. The molecule has 0 saturated carbocycles. The first-order valence-electron chi connectivity index (χ1n) is 6.26. The number of halogens is 2. The van der Waals surface area contributed by atoms with E-state index in [-0.39, 0.29) is 11.3 Å². The van der Waals surface area contributed by atoms with Crippen LogP contribution in [0, 0.1) is 6.92 Å². The molecular formula is C16H14F2O3. The molecule has 0 radical (unpaired) electrons. The van der Waals surface area contributed by atoms with Gasteiger partial charge in [-0.3, -0.25) is 4.79 Å². The first-order valence-corrected chi connectivity index (χ1v) is 6.26. The van der Waals surface area contributed by atoms with Gasteiger partial charge in [0.1, 0.15) is 11.5 Å². The number of ether oxygens (including phenoxy) is 2. The highest BCUT2D eigenvalue weighted by atomic mass is 19.3. The third kappa shape index (κ3) is 3.37. The molecule has 0 aromatic heterocycles. The van der Waals surface area contributed by atoms with Gasteiger partial charge in [0.2, 0.25) is 0 Å². The summed E-state index contributed by atoms with van der Waals surface area (Å²) >= 11 is 0. The minimum atomic E-state index is -2.99. The number of hydrogen-bond donors (Lipinski definition) is 0. The number of alkyl halides is 2. The molecule has 21 heavy (non-hydrogen) atoms. The third-order valence-corrected chi connectivity index (χ3v) is 2.95. The lowest BCUT2D eigenvalue weighted by Gasteiger charge is -2.12. The van der Waals surface area contributed by atoms with Gasteiger partial charge >= 0.3 is 6.61 Å². The Morgan fingerprint density at radius 3 is 2.43 bits per heavy atom. The topological polar surface area (TPSA) is 35.5 Å². The van der Waals surface area contributed by atoms with Crippen molar-refractivity contribution in [2.45, 2.75) is 13.5 Å². The largest absolute Gasteiger partial charge is 0.496 e. The number of carbonyl (C=O) groups is 1. The molecule has 2 aromatic rings. The highest BCUT2D eigenvalue weighted by Gasteiger charge is 2.20. The van der Waals surface area contributed by atoms with Crippen LogP contribution in [0.1, 0.15) is 21.5 Å². The summed E-state index contributed by atoms with van der Waals surface area (Å²) in [5.74, 6) is -0.190. The SMILES string of the molecule is COc1ccc(C)cc1C(=O)c1ccccc1OC(F)F. The van der Waals surface area contributed by atoms with Gasteiger partial charge in [-0.2, -0.15) is 8.78 Å². The fraction of sp³-hybridized carbons (Fsp3) is 0.188. The first kappa shape index (κ1) is 15.0. The van der Waals surface area contributed by atoms with E-state index in [0.717, 1.165) is 5.56 Å². The molecule has 2 aromatic carbocycles. The Balaban J connectivity index is 2.48. The molecule has 2 rings (SSSR count). The van der Waals surface area contributed by atoms with Crippen molar-refractivity contribution in [3.63, 3.8) is 0 Å². The van der Waals surface area contributed by atoms with Gasteiger partial charge in [0, 0.05) is 0 Å². The molecule has 0 N–H and O–H groups in total. The van der Waals surface area contributed by atoms with Gasteiger partial charge < -0.3 is 9.47 Å². The van der Waals surface area contributed by atoms with Crippen LogP contribution in [-0.2, 0) is 0 Å². The Morgan fingerprint density at radius 1 is 1.05 bits per heavy atom. The Kier molecular flexibility index (Phi) is 4.52. The maximum atomic E-state index is 12.6. The van der Waals surface area contributed by atoms with E-state index in [1.165, 1.54) is 25.3 Å².